The van der Waals surface area contributed by atoms with E-state index in [1.54, 1.807) is 12.1 Å². The quantitative estimate of drug-likeness (QED) is 0.835. The van der Waals surface area contributed by atoms with E-state index in [1.165, 1.54) is 6.07 Å². The first-order chi connectivity index (χ1) is 9.60. The Hall–Kier alpha value is -1.10. The minimum absolute atomic E-state index is 0.0697. The molecule has 0 saturated heterocycles. The second-order valence-corrected chi connectivity index (χ2v) is 6.00. The Morgan fingerprint density at radius 2 is 2.30 bits per heavy atom. The second kappa shape index (κ2) is 7.07. The fourth-order valence-corrected chi connectivity index (χ4v) is 2.95. The number of benzene rings is 1. The van der Waals surface area contributed by atoms with Crippen molar-refractivity contribution in [1.29, 1.82) is 0 Å². The highest BCUT2D eigenvalue weighted by atomic mass is 79.9. The molecule has 1 aliphatic rings. The van der Waals surface area contributed by atoms with Crippen molar-refractivity contribution < 1.29 is 13.9 Å². The standard InChI is InChI=1S/C15H19BrFNO2/c1-2-20-15(19)10-4-3-5-12(8-10)18-14-7-6-11(16)9-13(14)17/h6-7,9-10,12,18H,2-5,8H2,1H3. The van der Waals surface area contributed by atoms with Crippen molar-refractivity contribution in [1.82, 2.24) is 0 Å². The lowest BCUT2D eigenvalue weighted by molar-refractivity contribution is -0.149. The van der Waals surface area contributed by atoms with Crippen molar-refractivity contribution in [2.45, 2.75) is 38.6 Å². The number of carbonyl (C=O) groups is 1. The average molecular weight is 344 g/mol. The topological polar surface area (TPSA) is 38.3 Å². The van der Waals surface area contributed by atoms with Gasteiger partial charge in [0, 0.05) is 10.5 Å². The average Bonchev–Trinajstić information content (AvgIpc) is 2.43. The van der Waals surface area contributed by atoms with Gasteiger partial charge in [0.05, 0.1) is 18.2 Å². The normalized spacial score (nSPS) is 22.4. The summed E-state index contributed by atoms with van der Waals surface area (Å²) in [7, 11) is 0. The minimum atomic E-state index is -0.280. The van der Waals surface area contributed by atoms with E-state index in [4.69, 9.17) is 4.74 Å². The molecular formula is C15H19BrFNO2. The molecule has 0 spiro atoms. The SMILES string of the molecule is CCOC(=O)C1CCCC(Nc2ccc(Br)cc2F)C1. The van der Waals surface area contributed by atoms with Gasteiger partial charge in [0.1, 0.15) is 5.82 Å². The van der Waals surface area contributed by atoms with Crippen molar-refractivity contribution in [3.63, 3.8) is 0 Å². The molecule has 1 N–H and O–H groups in total. The highest BCUT2D eigenvalue weighted by molar-refractivity contribution is 9.10. The summed E-state index contributed by atoms with van der Waals surface area (Å²) in [4.78, 5) is 11.8. The Bertz CT molecular complexity index is 481. The molecule has 2 unspecified atom stereocenters. The molecule has 0 aromatic heterocycles. The molecule has 110 valence electrons. The summed E-state index contributed by atoms with van der Waals surface area (Å²) >= 11 is 3.24. The maximum absolute atomic E-state index is 13.8. The number of hydrogen-bond acceptors (Lipinski definition) is 3. The van der Waals surface area contributed by atoms with Crippen molar-refractivity contribution in [2.24, 2.45) is 5.92 Å². The summed E-state index contributed by atoms with van der Waals surface area (Å²) in [6.07, 6.45) is 3.47. The molecule has 1 aromatic rings. The molecule has 3 nitrogen and oxygen atoms in total. The van der Waals surface area contributed by atoms with E-state index in [2.05, 4.69) is 21.2 Å². The summed E-state index contributed by atoms with van der Waals surface area (Å²) in [5.41, 5.74) is 0.489. The predicted molar refractivity (Wildman–Crippen MR) is 80.1 cm³/mol. The van der Waals surface area contributed by atoms with Crippen LogP contribution < -0.4 is 5.32 Å². The summed E-state index contributed by atoms with van der Waals surface area (Å²) < 4.78 is 19.6. The number of rotatable bonds is 4. The number of ether oxygens (including phenoxy) is 1. The van der Waals surface area contributed by atoms with Gasteiger partial charge in [-0.05, 0) is 44.4 Å². The molecule has 0 radical (unpaired) electrons. The Balaban J connectivity index is 1.97. The molecule has 0 bridgehead atoms. The first-order valence-electron chi connectivity index (χ1n) is 6.98. The lowest BCUT2D eigenvalue weighted by Gasteiger charge is -2.29. The van der Waals surface area contributed by atoms with Gasteiger partial charge in [-0.15, -0.1) is 0 Å². The van der Waals surface area contributed by atoms with Gasteiger partial charge in [-0.25, -0.2) is 4.39 Å². The Morgan fingerprint density at radius 1 is 1.50 bits per heavy atom. The van der Waals surface area contributed by atoms with Gasteiger partial charge in [-0.1, -0.05) is 22.4 Å². The Morgan fingerprint density at radius 3 is 3.00 bits per heavy atom. The number of hydrogen-bond donors (Lipinski definition) is 1. The van der Waals surface area contributed by atoms with E-state index in [0.29, 0.717) is 23.2 Å². The van der Waals surface area contributed by atoms with Crippen molar-refractivity contribution in [3.8, 4) is 0 Å². The first-order valence-corrected chi connectivity index (χ1v) is 7.77. The zero-order chi connectivity index (χ0) is 14.5. The van der Waals surface area contributed by atoms with Gasteiger partial charge < -0.3 is 10.1 Å². The van der Waals surface area contributed by atoms with Crippen LogP contribution in [0.4, 0.5) is 10.1 Å². The third-order valence-corrected chi connectivity index (χ3v) is 4.08. The van der Waals surface area contributed by atoms with Gasteiger partial charge >= 0.3 is 5.97 Å². The molecule has 2 rings (SSSR count). The molecule has 1 fully saturated rings. The van der Waals surface area contributed by atoms with Gasteiger partial charge in [-0.2, -0.15) is 0 Å². The molecule has 1 saturated carbocycles. The van der Waals surface area contributed by atoms with E-state index >= 15 is 0 Å². The maximum Gasteiger partial charge on any atom is 0.308 e. The van der Waals surface area contributed by atoms with Crippen molar-refractivity contribution >= 4 is 27.6 Å². The van der Waals surface area contributed by atoms with Crippen LogP contribution in [0.15, 0.2) is 22.7 Å². The first kappa shape index (κ1) is 15.3. The molecule has 0 aliphatic heterocycles. The number of carbonyl (C=O) groups excluding carboxylic acids is 1. The summed E-state index contributed by atoms with van der Waals surface area (Å²) in [5.74, 6) is -0.479. The summed E-state index contributed by atoms with van der Waals surface area (Å²) in [6.45, 7) is 2.22. The van der Waals surface area contributed by atoms with Gasteiger partial charge in [0.2, 0.25) is 0 Å². The second-order valence-electron chi connectivity index (χ2n) is 5.08. The molecule has 5 heteroatoms. The zero-order valence-corrected chi connectivity index (χ0v) is 13.1. The van der Waals surface area contributed by atoms with Crippen LogP contribution in [-0.4, -0.2) is 18.6 Å². The number of anilines is 1. The van der Waals surface area contributed by atoms with E-state index < -0.39 is 0 Å². The van der Waals surface area contributed by atoms with E-state index in [9.17, 15) is 9.18 Å². The largest absolute Gasteiger partial charge is 0.466 e. The highest BCUT2D eigenvalue weighted by Gasteiger charge is 2.28. The van der Waals surface area contributed by atoms with Crippen LogP contribution in [0.25, 0.3) is 0 Å². The molecule has 2 atom stereocenters. The smallest absolute Gasteiger partial charge is 0.308 e. The molecule has 1 aromatic carbocycles. The fraction of sp³-hybridized carbons (Fsp3) is 0.533. The number of nitrogens with one attached hydrogen (secondary N) is 1. The highest BCUT2D eigenvalue weighted by Crippen LogP contribution is 2.29. The lowest BCUT2D eigenvalue weighted by atomic mass is 9.85. The van der Waals surface area contributed by atoms with Crippen molar-refractivity contribution in [3.05, 3.63) is 28.5 Å². The summed E-state index contributed by atoms with van der Waals surface area (Å²) in [6, 6.07) is 5.08. The maximum atomic E-state index is 13.8. The van der Waals surface area contributed by atoms with Crippen molar-refractivity contribution in [2.75, 3.05) is 11.9 Å². The molecule has 0 heterocycles. The van der Waals surface area contributed by atoms with Crippen LogP contribution in [0.1, 0.15) is 32.6 Å². The minimum Gasteiger partial charge on any atom is -0.466 e. The third-order valence-electron chi connectivity index (χ3n) is 3.58. The van der Waals surface area contributed by atoms with Gasteiger partial charge in [0.25, 0.3) is 0 Å². The van der Waals surface area contributed by atoms with E-state index in [0.717, 1.165) is 19.3 Å². The predicted octanol–water partition coefficient (Wildman–Crippen LogP) is 4.12. The van der Waals surface area contributed by atoms with Crippen LogP contribution in [0.2, 0.25) is 0 Å². The fourth-order valence-electron chi connectivity index (χ4n) is 2.62. The molecular weight excluding hydrogens is 325 g/mol. The van der Waals surface area contributed by atoms with Crippen LogP contribution in [0.3, 0.4) is 0 Å². The monoisotopic (exact) mass is 343 g/mol. The van der Waals surface area contributed by atoms with Crippen LogP contribution in [0.5, 0.6) is 0 Å². The lowest BCUT2D eigenvalue weighted by Crippen LogP contribution is -2.32. The van der Waals surface area contributed by atoms with Gasteiger partial charge in [0.15, 0.2) is 0 Å². The molecule has 1 aliphatic carbocycles. The Labute approximate surface area is 127 Å². The van der Waals surface area contributed by atoms with Crippen LogP contribution in [-0.2, 0) is 9.53 Å². The number of esters is 1. The molecule has 0 amide bonds. The number of halogens is 2. The third kappa shape index (κ3) is 3.95. The van der Waals surface area contributed by atoms with Crippen LogP contribution in [0, 0.1) is 11.7 Å². The Kier molecular flexibility index (Phi) is 5.40. The summed E-state index contributed by atoms with van der Waals surface area (Å²) in [5, 5.41) is 3.20. The van der Waals surface area contributed by atoms with E-state index in [-0.39, 0.29) is 23.7 Å². The zero-order valence-electron chi connectivity index (χ0n) is 11.5. The van der Waals surface area contributed by atoms with E-state index in [1.807, 2.05) is 6.92 Å². The van der Waals surface area contributed by atoms with Gasteiger partial charge in [-0.3, -0.25) is 4.79 Å². The molecule has 20 heavy (non-hydrogen) atoms. The van der Waals surface area contributed by atoms with Crippen LogP contribution >= 0.6 is 15.9 Å².